The second kappa shape index (κ2) is 8.91. The van der Waals surface area contributed by atoms with E-state index in [1.807, 2.05) is 43.3 Å². The van der Waals surface area contributed by atoms with Crippen LogP contribution in [0.2, 0.25) is 0 Å². The van der Waals surface area contributed by atoms with Crippen LogP contribution < -0.4 is 5.32 Å². The highest BCUT2D eigenvalue weighted by Gasteiger charge is 2.21. The van der Waals surface area contributed by atoms with Crippen LogP contribution >= 0.6 is 11.3 Å². The van der Waals surface area contributed by atoms with Gasteiger partial charge in [0.1, 0.15) is 5.84 Å². The zero-order valence-corrected chi connectivity index (χ0v) is 20.0. The summed E-state index contributed by atoms with van der Waals surface area (Å²) in [6.45, 7) is 5.46. The van der Waals surface area contributed by atoms with Crippen LogP contribution in [0.25, 0.3) is 0 Å². The van der Waals surface area contributed by atoms with E-state index in [9.17, 15) is 13.2 Å². The van der Waals surface area contributed by atoms with Gasteiger partial charge in [-0.25, -0.2) is 0 Å². The van der Waals surface area contributed by atoms with Crippen molar-refractivity contribution in [1.82, 2.24) is 9.47 Å². The van der Waals surface area contributed by atoms with Crippen molar-refractivity contribution in [3.8, 4) is 0 Å². The van der Waals surface area contributed by atoms with Gasteiger partial charge >= 0.3 is 0 Å². The van der Waals surface area contributed by atoms with E-state index in [1.165, 1.54) is 17.0 Å². The summed E-state index contributed by atoms with van der Waals surface area (Å²) in [5.41, 5.74) is 3.04. The van der Waals surface area contributed by atoms with Gasteiger partial charge in [0.25, 0.3) is 15.9 Å². The third-order valence-electron chi connectivity index (χ3n) is 5.68. The molecule has 4 rings (SSSR count). The second-order valence-electron chi connectivity index (χ2n) is 7.94. The number of aromatic nitrogens is 1. The first-order valence-corrected chi connectivity index (χ1v) is 12.7. The number of benzene rings is 1. The maximum atomic E-state index is 12.9. The maximum absolute atomic E-state index is 12.9. The fraction of sp³-hybridized carbons (Fsp3) is 0.304. The summed E-state index contributed by atoms with van der Waals surface area (Å²) >= 11 is 1.69. The topological polar surface area (TPSA) is 83.8 Å². The molecule has 1 saturated heterocycles. The zero-order chi connectivity index (χ0) is 22.9. The number of rotatable bonds is 6. The lowest BCUT2D eigenvalue weighted by molar-refractivity contribution is 0.102. The van der Waals surface area contributed by atoms with Crippen molar-refractivity contribution in [2.45, 2.75) is 38.1 Å². The highest BCUT2D eigenvalue weighted by atomic mass is 32.2. The van der Waals surface area contributed by atoms with Crippen molar-refractivity contribution in [2.24, 2.45) is 4.40 Å². The van der Waals surface area contributed by atoms with Gasteiger partial charge in [-0.1, -0.05) is 6.07 Å². The normalized spacial score (nSPS) is 15.5. The summed E-state index contributed by atoms with van der Waals surface area (Å²) in [4.78, 5) is 16.1. The molecule has 2 aromatic heterocycles. The van der Waals surface area contributed by atoms with Crippen LogP contribution in [0.5, 0.6) is 0 Å². The molecule has 0 saturated carbocycles. The van der Waals surface area contributed by atoms with Crippen LogP contribution in [0, 0.1) is 13.8 Å². The molecule has 3 aromatic rings. The van der Waals surface area contributed by atoms with E-state index in [-0.39, 0.29) is 10.8 Å². The van der Waals surface area contributed by atoms with E-state index in [2.05, 4.69) is 20.3 Å². The Labute approximate surface area is 192 Å². The van der Waals surface area contributed by atoms with Gasteiger partial charge in [0.05, 0.1) is 17.0 Å². The van der Waals surface area contributed by atoms with Crippen molar-refractivity contribution in [2.75, 3.05) is 18.9 Å². The third kappa shape index (κ3) is 4.63. The molecular weight excluding hydrogens is 444 g/mol. The van der Waals surface area contributed by atoms with Gasteiger partial charge < -0.3 is 14.8 Å². The molecule has 0 spiro atoms. The van der Waals surface area contributed by atoms with E-state index in [4.69, 9.17) is 0 Å². The SMILES string of the molecule is Cc1cc(C(=O)Nc2ccc(S(=O)(=O)/N=C3\CCCN3C)cc2)c(C)n1Cc1cccs1. The number of nitrogens with one attached hydrogen (secondary N) is 1. The molecule has 0 radical (unpaired) electrons. The van der Waals surface area contributed by atoms with Crippen molar-refractivity contribution in [3.63, 3.8) is 0 Å². The molecule has 168 valence electrons. The average Bonchev–Trinajstić information content (AvgIpc) is 3.47. The molecule has 1 N–H and O–H groups in total. The molecular formula is C23H26N4O3S2. The minimum Gasteiger partial charge on any atom is -0.362 e. The number of hydrogen-bond acceptors (Lipinski definition) is 4. The van der Waals surface area contributed by atoms with Crippen molar-refractivity contribution in [1.29, 1.82) is 0 Å². The molecule has 9 heteroatoms. The number of sulfonamides is 1. The Morgan fingerprint density at radius 2 is 1.94 bits per heavy atom. The first kappa shape index (κ1) is 22.3. The molecule has 1 aliphatic heterocycles. The molecule has 0 atom stereocenters. The number of thiophene rings is 1. The summed E-state index contributed by atoms with van der Waals surface area (Å²) < 4.78 is 31.3. The first-order valence-electron chi connectivity index (χ1n) is 10.4. The molecule has 1 amide bonds. The van der Waals surface area contributed by atoms with E-state index < -0.39 is 10.0 Å². The molecule has 1 aliphatic rings. The largest absolute Gasteiger partial charge is 0.362 e. The van der Waals surface area contributed by atoms with Gasteiger partial charge in [0.15, 0.2) is 0 Å². The number of likely N-dealkylation sites (tertiary alicyclic amines) is 1. The van der Waals surface area contributed by atoms with E-state index >= 15 is 0 Å². The van der Waals surface area contributed by atoms with E-state index in [0.717, 1.165) is 30.9 Å². The lowest BCUT2D eigenvalue weighted by atomic mass is 10.2. The molecule has 7 nitrogen and oxygen atoms in total. The van der Waals surface area contributed by atoms with Gasteiger partial charge in [-0.2, -0.15) is 8.42 Å². The molecule has 1 aromatic carbocycles. The Morgan fingerprint density at radius 3 is 2.56 bits per heavy atom. The molecule has 0 bridgehead atoms. The molecule has 0 unspecified atom stereocenters. The van der Waals surface area contributed by atoms with Crippen LogP contribution in [0.15, 0.2) is 57.1 Å². The minimum atomic E-state index is -3.78. The third-order valence-corrected chi connectivity index (χ3v) is 7.86. The Bertz CT molecular complexity index is 1260. The highest BCUT2D eigenvalue weighted by molar-refractivity contribution is 7.90. The monoisotopic (exact) mass is 470 g/mol. The predicted octanol–water partition coefficient (Wildman–Crippen LogP) is 4.28. The number of carbonyl (C=O) groups excluding carboxylic acids is 1. The van der Waals surface area contributed by atoms with Crippen LogP contribution in [-0.4, -0.2) is 43.2 Å². The molecule has 0 aliphatic carbocycles. The number of amides is 1. The number of amidine groups is 1. The number of carbonyl (C=O) groups is 1. The standard InChI is InChI=1S/C23H26N4O3S2/c1-16-14-21(17(2)27(16)15-19-6-5-13-31-19)23(28)24-18-8-10-20(11-9-18)32(29,30)25-22-7-4-12-26(22)3/h5-6,8-11,13-14H,4,7,12,15H2,1-3H3,(H,24,28)/b25-22+. The summed E-state index contributed by atoms with van der Waals surface area (Å²) in [6, 6.07) is 12.1. The number of anilines is 1. The number of hydrogen-bond donors (Lipinski definition) is 1. The highest BCUT2D eigenvalue weighted by Crippen LogP contribution is 2.22. The van der Waals surface area contributed by atoms with Crippen molar-refractivity contribution >= 4 is 38.8 Å². The quantitative estimate of drug-likeness (QED) is 0.583. The lowest BCUT2D eigenvalue weighted by Crippen LogP contribution is -2.20. The van der Waals surface area contributed by atoms with Crippen molar-refractivity contribution < 1.29 is 13.2 Å². The van der Waals surface area contributed by atoms with Crippen LogP contribution in [0.3, 0.4) is 0 Å². The van der Waals surface area contributed by atoms with Gasteiger partial charge in [-0.3, -0.25) is 4.79 Å². The molecule has 3 heterocycles. The smallest absolute Gasteiger partial charge is 0.283 e. The second-order valence-corrected chi connectivity index (χ2v) is 10.6. The van der Waals surface area contributed by atoms with Gasteiger partial charge in [-0.05, 0) is 62.0 Å². The molecule has 32 heavy (non-hydrogen) atoms. The van der Waals surface area contributed by atoms with E-state index in [0.29, 0.717) is 23.5 Å². The summed E-state index contributed by atoms with van der Waals surface area (Å²) in [5.74, 6) is 0.360. The van der Waals surface area contributed by atoms with Gasteiger partial charge in [-0.15, -0.1) is 15.7 Å². The van der Waals surface area contributed by atoms with Gasteiger partial charge in [0, 0.05) is 42.0 Å². The average molecular weight is 471 g/mol. The van der Waals surface area contributed by atoms with Crippen molar-refractivity contribution in [3.05, 3.63) is 69.7 Å². The summed E-state index contributed by atoms with van der Waals surface area (Å²) in [7, 11) is -1.93. The number of nitrogens with zero attached hydrogens (tertiary/aromatic N) is 3. The first-order chi connectivity index (χ1) is 15.2. The minimum absolute atomic E-state index is 0.109. The maximum Gasteiger partial charge on any atom is 0.283 e. The fourth-order valence-corrected chi connectivity index (χ4v) is 5.63. The predicted molar refractivity (Wildman–Crippen MR) is 128 cm³/mol. The Hall–Kier alpha value is -2.91. The Morgan fingerprint density at radius 1 is 1.19 bits per heavy atom. The Balaban J connectivity index is 1.49. The van der Waals surface area contributed by atoms with E-state index in [1.54, 1.807) is 23.5 Å². The summed E-state index contributed by atoms with van der Waals surface area (Å²) in [5, 5.41) is 4.91. The van der Waals surface area contributed by atoms with Gasteiger partial charge in [0.2, 0.25) is 0 Å². The lowest BCUT2D eigenvalue weighted by Gasteiger charge is -2.11. The Kier molecular flexibility index (Phi) is 6.21. The number of aryl methyl sites for hydroxylation is 1. The summed E-state index contributed by atoms with van der Waals surface area (Å²) in [6.07, 6.45) is 1.57. The fourth-order valence-electron chi connectivity index (χ4n) is 3.84. The zero-order valence-electron chi connectivity index (χ0n) is 18.3. The van der Waals surface area contributed by atoms with Crippen LogP contribution in [0.1, 0.15) is 39.5 Å². The molecule has 1 fully saturated rings. The van der Waals surface area contributed by atoms with Crippen LogP contribution in [-0.2, 0) is 16.6 Å². The van der Waals surface area contributed by atoms with Crippen LogP contribution in [0.4, 0.5) is 5.69 Å².